The van der Waals surface area contributed by atoms with Gasteiger partial charge in [-0.3, -0.25) is 9.59 Å². The Morgan fingerprint density at radius 2 is 1.87 bits per heavy atom. The Hall–Kier alpha value is -2.30. The minimum atomic E-state index is 0.0979. The molecule has 5 heteroatoms. The highest BCUT2D eigenvalue weighted by Gasteiger charge is 2.32. The number of carbonyl (C=O) groups excluding carboxylic acids is 2. The molecule has 2 rings (SSSR count). The summed E-state index contributed by atoms with van der Waals surface area (Å²) in [6.07, 6.45) is 6.84. The van der Waals surface area contributed by atoms with Gasteiger partial charge in [-0.2, -0.15) is 0 Å². The van der Waals surface area contributed by atoms with E-state index in [2.05, 4.69) is 39.8 Å². The van der Waals surface area contributed by atoms with Crippen molar-refractivity contribution in [3.63, 3.8) is 0 Å². The number of ether oxygens (including phenoxy) is 1. The molecule has 1 heterocycles. The van der Waals surface area contributed by atoms with E-state index >= 15 is 0 Å². The summed E-state index contributed by atoms with van der Waals surface area (Å²) in [6, 6.07) is 8.22. The fourth-order valence-corrected chi connectivity index (χ4v) is 4.22. The molecule has 5 nitrogen and oxygen atoms in total. The summed E-state index contributed by atoms with van der Waals surface area (Å²) in [5.41, 5.74) is 1.17. The van der Waals surface area contributed by atoms with Crippen LogP contribution in [0.25, 0.3) is 0 Å². The molecule has 0 bridgehead atoms. The molecule has 0 aromatic heterocycles. The van der Waals surface area contributed by atoms with Crippen LogP contribution in [0.4, 0.5) is 0 Å². The topological polar surface area (TPSA) is 49.9 Å². The first kappa shape index (κ1) is 25.0. The number of likely N-dealkylation sites (N-methyl/N-ethyl adjacent to an activating group) is 1. The number of amides is 2. The molecule has 1 aliphatic heterocycles. The summed E-state index contributed by atoms with van der Waals surface area (Å²) >= 11 is 0. The van der Waals surface area contributed by atoms with Gasteiger partial charge in [0.25, 0.3) is 0 Å². The number of hydrogen-bond donors (Lipinski definition) is 0. The third-order valence-electron chi connectivity index (χ3n) is 6.07. The molecule has 1 aromatic carbocycles. The second kappa shape index (κ2) is 11.9. The molecule has 0 spiro atoms. The zero-order valence-electron chi connectivity index (χ0n) is 20.1. The van der Waals surface area contributed by atoms with E-state index in [1.54, 1.807) is 13.2 Å². The second-order valence-corrected chi connectivity index (χ2v) is 9.49. The highest BCUT2D eigenvalue weighted by Crippen LogP contribution is 2.28. The first-order valence-electron chi connectivity index (χ1n) is 11.6. The summed E-state index contributed by atoms with van der Waals surface area (Å²) in [4.78, 5) is 29.3. The molecular formula is C26H40N2O3. The molecular weight excluding hydrogens is 388 g/mol. The van der Waals surface area contributed by atoms with Crippen molar-refractivity contribution in [2.75, 3.05) is 27.2 Å². The van der Waals surface area contributed by atoms with Crippen molar-refractivity contribution in [2.45, 2.75) is 59.4 Å². The predicted molar refractivity (Wildman–Crippen MR) is 126 cm³/mol. The molecule has 1 aromatic rings. The Labute approximate surface area is 188 Å². The molecule has 1 aliphatic rings. The second-order valence-electron chi connectivity index (χ2n) is 9.49. The maximum Gasteiger partial charge on any atom is 0.246 e. The lowest BCUT2D eigenvalue weighted by Gasteiger charge is -2.40. The van der Waals surface area contributed by atoms with Crippen LogP contribution >= 0.6 is 0 Å². The van der Waals surface area contributed by atoms with Gasteiger partial charge in [0.2, 0.25) is 11.8 Å². The van der Waals surface area contributed by atoms with Crippen LogP contribution in [0.15, 0.2) is 36.4 Å². The van der Waals surface area contributed by atoms with Crippen LogP contribution in [0.5, 0.6) is 5.75 Å². The summed E-state index contributed by atoms with van der Waals surface area (Å²) in [5.74, 6) is 2.20. The van der Waals surface area contributed by atoms with E-state index in [-0.39, 0.29) is 17.9 Å². The average molecular weight is 429 g/mol. The van der Waals surface area contributed by atoms with Gasteiger partial charge in [-0.1, -0.05) is 45.9 Å². The van der Waals surface area contributed by atoms with Crippen LogP contribution in [-0.4, -0.2) is 54.9 Å². The van der Waals surface area contributed by atoms with Crippen LogP contribution in [0.3, 0.4) is 0 Å². The quantitative estimate of drug-likeness (QED) is 0.542. The smallest absolute Gasteiger partial charge is 0.246 e. The molecule has 1 fully saturated rings. The Balaban J connectivity index is 2.13. The van der Waals surface area contributed by atoms with Crippen LogP contribution in [0.1, 0.15) is 52.5 Å². The van der Waals surface area contributed by atoms with Crippen molar-refractivity contribution in [1.82, 2.24) is 9.80 Å². The average Bonchev–Trinajstić information content (AvgIpc) is 2.75. The molecule has 1 saturated heterocycles. The van der Waals surface area contributed by atoms with E-state index < -0.39 is 0 Å². The fraction of sp³-hybridized carbons (Fsp3) is 0.615. The van der Waals surface area contributed by atoms with Crippen LogP contribution in [0.2, 0.25) is 0 Å². The molecule has 31 heavy (non-hydrogen) atoms. The number of hydrogen-bond acceptors (Lipinski definition) is 3. The van der Waals surface area contributed by atoms with Gasteiger partial charge in [-0.05, 0) is 60.8 Å². The normalized spacial score (nSPS) is 16.2. The van der Waals surface area contributed by atoms with Crippen molar-refractivity contribution in [3.05, 3.63) is 42.0 Å². The third-order valence-corrected chi connectivity index (χ3v) is 6.07. The molecule has 1 atom stereocenters. The molecule has 0 radical (unpaired) electrons. The molecule has 2 amide bonds. The Morgan fingerprint density at radius 1 is 1.19 bits per heavy atom. The SMILES string of the molecule is COc1cccc(C[C@H](C2CCN(C(=O)/C=C/C(C)C)CC2)N(C)C(=O)CC(C)C)c1. The summed E-state index contributed by atoms with van der Waals surface area (Å²) < 4.78 is 5.39. The monoisotopic (exact) mass is 428 g/mol. The van der Waals surface area contributed by atoms with Gasteiger partial charge in [-0.15, -0.1) is 0 Å². The number of likely N-dealkylation sites (tertiary alicyclic amines) is 1. The summed E-state index contributed by atoms with van der Waals surface area (Å²) in [7, 11) is 3.62. The number of nitrogens with zero attached hydrogens (tertiary/aromatic N) is 2. The summed E-state index contributed by atoms with van der Waals surface area (Å²) in [5, 5.41) is 0. The molecule has 0 aliphatic carbocycles. The number of benzene rings is 1. The van der Waals surface area contributed by atoms with E-state index in [9.17, 15) is 9.59 Å². The number of carbonyl (C=O) groups is 2. The zero-order chi connectivity index (χ0) is 23.0. The fourth-order valence-electron chi connectivity index (χ4n) is 4.22. The molecule has 172 valence electrons. The van der Waals surface area contributed by atoms with Gasteiger partial charge in [0.05, 0.1) is 7.11 Å². The largest absolute Gasteiger partial charge is 0.497 e. The van der Waals surface area contributed by atoms with Gasteiger partial charge >= 0.3 is 0 Å². The molecule has 0 N–H and O–H groups in total. The van der Waals surface area contributed by atoms with E-state index in [0.717, 1.165) is 38.1 Å². The molecule has 0 unspecified atom stereocenters. The van der Waals surface area contributed by atoms with Crippen molar-refractivity contribution in [2.24, 2.45) is 17.8 Å². The lowest BCUT2D eigenvalue weighted by molar-refractivity contribution is -0.135. The van der Waals surface area contributed by atoms with Gasteiger partial charge < -0.3 is 14.5 Å². The third kappa shape index (κ3) is 7.71. The minimum absolute atomic E-state index is 0.0979. The van der Waals surface area contributed by atoms with Crippen molar-refractivity contribution < 1.29 is 14.3 Å². The van der Waals surface area contributed by atoms with E-state index in [1.165, 1.54) is 5.56 Å². The van der Waals surface area contributed by atoms with Gasteiger partial charge in [0, 0.05) is 32.6 Å². The number of piperidine rings is 1. The highest BCUT2D eigenvalue weighted by atomic mass is 16.5. The highest BCUT2D eigenvalue weighted by molar-refractivity contribution is 5.87. The van der Waals surface area contributed by atoms with Crippen molar-refractivity contribution >= 4 is 11.8 Å². The van der Waals surface area contributed by atoms with E-state index in [0.29, 0.717) is 24.2 Å². The first-order chi connectivity index (χ1) is 14.7. The van der Waals surface area contributed by atoms with Gasteiger partial charge in [-0.25, -0.2) is 0 Å². The lowest BCUT2D eigenvalue weighted by atomic mass is 9.84. The maximum atomic E-state index is 12.9. The Bertz CT molecular complexity index is 749. The first-order valence-corrected chi connectivity index (χ1v) is 11.6. The standard InChI is InChI=1S/C26H40N2O3/c1-19(2)10-11-25(29)28-14-12-22(13-15-28)24(27(5)26(30)16-20(3)4)18-21-8-7-9-23(17-21)31-6/h7-11,17,19-20,22,24H,12-16,18H2,1-6H3/b11-10+/t24-/m1/s1. The minimum Gasteiger partial charge on any atom is -0.497 e. The maximum absolute atomic E-state index is 12.9. The van der Waals surface area contributed by atoms with Crippen molar-refractivity contribution in [1.29, 1.82) is 0 Å². The molecule has 0 saturated carbocycles. The Kier molecular flexibility index (Phi) is 9.60. The number of allylic oxidation sites excluding steroid dienone is 1. The number of rotatable bonds is 9. The zero-order valence-corrected chi connectivity index (χ0v) is 20.1. The predicted octanol–water partition coefficient (Wildman–Crippen LogP) is 4.56. The number of methoxy groups -OCH3 is 1. The van der Waals surface area contributed by atoms with Gasteiger partial charge in [0.15, 0.2) is 0 Å². The van der Waals surface area contributed by atoms with Crippen molar-refractivity contribution in [3.8, 4) is 5.75 Å². The lowest BCUT2D eigenvalue weighted by Crippen LogP contribution is -2.48. The summed E-state index contributed by atoms with van der Waals surface area (Å²) in [6.45, 7) is 9.79. The van der Waals surface area contributed by atoms with Crippen LogP contribution in [-0.2, 0) is 16.0 Å². The van der Waals surface area contributed by atoms with E-state index in [4.69, 9.17) is 4.74 Å². The Morgan fingerprint density at radius 3 is 2.45 bits per heavy atom. The van der Waals surface area contributed by atoms with E-state index in [1.807, 2.05) is 35.1 Å². The van der Waals surface area contributed by atoms with Crippen LogP contribution < -0.4 is 4.74 Å². The van der Waals surface area contributed by atoms with Crippen LogP contribution in [0, 0.1) is 17.8 Å². The van der Waals surface area contributed by atoms with Gasteiger partial charge in [0.1, 0.15) is 5.75 Å².